The number of rotatable bonds is 4. The smallest absolute Gasteiger partial charge is 0.259 e. The molecule has 2 aromatic rings. The summed E-state index contributed by atoms with van der Waals surface area (Å²) in [6, 6.07) is 11.7. The molecule has 1 amide bonds. The van der Waals surface area contributed by atoms with E-state index in [1.54, 1.807) is 6.20 Å². The van der Waals surface area contributed by atoms with Crippen LogP contribution in [0.15, 0.2) is 42.6 Å². The molecule has 0 spiro atoms. The summed E-state index contributed by atoms with van der Waals surface area (Å²) in [5.74, 6) is 1.07. The molecule has 1 fully saturated rings. The zero-order valence-corrected chi connectivity index (χ0v) is 14.5. The fourth-order valence-electron chi connectivity index (χ4n) is 3.24. The van der Waals surface area contributed by atoms with Gasteiger partial charge in [-0.15, -0.1) is 0 Å². The van der Waals surface area contributed by atoms with E-state index >= 15 is 0 Å². The summed E-state index contributed by atoms with van der Waals surface area (Å²) in [5, 5.41) is 3.08. The van der Waals surface area contributed by atoms with Gasteiger partial charge in [-0.3, -0.25) is 4.79 Å². The lowest BCUT2D eigenvalue weighted by atomic mass is 10.0. The molecule has 0 radical (unpaired) electrons. The van der Waals surface area contributed by atoms with Crippen LogP contribution in [0.25, 0.3) is 0 Å². The molecule has 1 aromatic heterocycles. The van der Waals surface area contributed by atoms with Gasteiger partial charge in [0.05, 0.1) is 5.56 Å². The van der Waals surface area contributed by atoms with Crippen LogP contribution in [-0.2, 0) is 0 Å². The molecule has 1 N–H and O–H groups in total. The monoisotopic (exact) mass is 323 g/mol. The van der Waals surface area contributed by atoms with Crippen LogP contribution < -0.4 is 10.2 Å². The van der Waals surface area contributed by atoms with Gasteiger partial charge < -0.3 is 10.2 Å². The first kappa shape index (κ1) is 16.5. The molecule has 24 heavy (non-hydrogen) atoms. The van der Waals surface area contributed by atoms with Gasteiger partial charge in [0.2, 0.25) is 0 Å². The average molecular weight is 323 g/mol. The van der Waals surface area contributed by atoms with Gasteiger partial charge in [0.15, 0.2) is 0 Å². The topological polar surface area (TPSA) is 45.2 Å². The fourth-order valence-corrected chi connectivity index (χ4v) is 3.24. The van der Waals surface area contributed by atoms with Crippen LogP contribution in [0.1, 0.15) is 54.9 Å². The summed E-state index contributed by atoms with van der Waals surface area (Å²) in [7, 11) is 0. The highest BCUT2D eigenvalue weighted by atomic mass is 16.1. The Kier molecular flexibility index (Phi) is 5.14. The van der Waals surface area contributed by atoms with E-state index in [2.05, 4.69) is 35.1 Å². The molecule has 0 unspecified atom stereocenters. The van der Waals surface area contributed by atoms with Crippen LogP contribution in [0.4, 0.5) is 11.5 Å². The lowest BCUT2D eigenvalue weighted by molar-refractivity contribution is 0.102. The highest BCUT2D eigenvalue weighted by Gasteiger charge is 2.20. The largest absolute Gasteiger partial charge is 0.356 e. The minimum Gasteiger partial charge on any atom is -0.356 e. The number of para-hydroxylation sites is 1. The minimum atomic E-state index is -0.0863. The number of piperidine rings is 1. The Morgan fingerprint density at radius 1 is 1.08 bits per heavy atom. The number of amides is 1. The molecule has 1 aromatic carbocycles. The summed E-state index contributed by atoms with van der Waals surface area (Å²) in [4.78, 5) is 19.6. The SMILES string of the molecule is CC(C)c1ccccc1NC(=O)c1cccnc1N1CCCCC1. The Hall–Kier alpha value is -2.36. The van der Waals surface area contributed by atoms with E-state index < -0.39 is 0 Å². The summed E-state index contributed by atoms with van der Waals surface area (Å²) in [5.41, 5.74) is 2.68. The molecule has 0 aliphatic carbocycles. The average Bonchev–Trinajstić information content (AvgIpc) is 2.62. The molecular weight excluding hydrogens is 298 g/mol. The maximum absolute atomic E-state index is 12.9. The van der Waals surface area contributed by atoms with Crippen molar-refractivity contribution in [3.8, 4) is 0 Å². The first-order valence-electron chi connectivity index (χ1n) is 8.77. The number of nitrogens with one attached hydrogen (secondary N) is 1. The molecule has 0 saturated carbocycles. The lowest BCUT2D eigenvalue weighted by Crippen LogP contribution is -2.32. The highest BCUT2D eigenvalue weighted by Crippen LogP contribution is 2.26. The van der Waals surface area contributed by atoms with E-state index in [-0.39, 0.29) is 5.91 Å². The van der Waals surface area contributed by atoms with Crippen LogP contribution in [-0.4, -0.2) is 24.0 Å². The molecule has 4 heteroatoms. The second-order valence-corrected chi connectivity index (χ2v) is 6.62. The molecule has 4 nitrogen and oxygen atoms in total. The third-order valence-electron chi connectivity index (χ3n) is 4.52. The van der Waals surface area contributed by atoms with Crippen LogP contribution >= 0.6 is 0 Å². The van der Waals surface area contributed by atoms with Crippen molar-refractivity contribution < 1.29 is 4.79 Å². The Balaban J connectivity index is 1.86. The number of hydrogen-bond donors (Lipinski definition) is 1. The van der Waals surface area contributed by atoms with Crippen molar-refractivity contribution in [2.75, 3.05) is 23.3 Å². The van der Waals surface area contributed by atoms with Crippen molar-refractivity contribution in [1.29, 1.82) is 0 Å². The van der Waals surface area contributed by atoms with Gasteiger partial charge in [-0.1, -0.05) is 32.0 Å². The molecular formula is C20H25N3O. The van der Waals surface area contributed by atoms with Crippen molar-refractivity contribution >= 4 is 17.4 Å². The second kappa shape index (κ2) is 7.47. The third kappa shape index (κ3) is 3.58. The summed E-state index contributed by atoms with van der Waals surface area (Å²) in [6.45, 7) is 6.21. The van der Waals surface area contributed by atoms with Gasteiger partial charge in [-0.2, -0.15) is 0 Å². The Morgan fingerprint density at radius 2 is 1.83 bits per heavy atom. The second-order valence-electron chi connectivity index (χ2n) is 6.62. The third-order valence-corrected chi connectivity index (χ3v) is 4.52. The number of anilines is 2. The van der Waals surface area contributed by atoms with Crippen LogP contribution in [0.5, 0.6) is 0 Å². The summed E-state index contributed by atoms with van der Waals surface area (Å²) >= 11 is 0. The maximum atomic E-state index is 12.9. The molecule has 1 aliphatic rings. The van der Waals surface area contributed by atoms with E-state index in [1.165, 1.54) is 6.42 Å². The first-order chi connectivity index (χ1) is 11.7. The van der Waals surface area contributed by atoms with E-state index in [9.17, 15) is 4.79 Å². The Labute approximate surface area is 143 Å². The van der Waals surface area contributed by atoms with Gasteiger partial charge in [0, 0.05) is 25.0 Å². The predicted octanol–water partition coefficient (Wildman–Crippen LogP) is 4.45. The van der Waals surface area contributed by atoms with Gasteiger partial charge in [0.1, 0.15) is 5.82 Å². The normalized spacial score (nSPS) is 14.7. The number of pyridine rings is 1. The number of benzene rings is 1. The minimum absolute atomic E-state index is 0.0863. The maximum Gasteiger partial charge on any atom is 0.259 e. The van der Waals surface area contributed by atoms with Crippen LogP contribution in [0.3, 0.4) is 0 Å². The zero-order valence-electron chi connectivity index (χ0n) is 14.5. The molecule has 2 heterocycles. The number of hydrogen-bond acceptors (Lipinski definition) is 3. The fraction of sp³-hybridized carbons (Fsp3) is 0.400. The quantitative estimate of drug-likeness (QED) is 0.904. The van der Waals surface area contributed by atoms with Crippen molar-refractivity contribution in [3.05, 3.63) is 53.7 Å². The lowest BCUT2D eigenvalue weighted by Gasteiger charge is -2.29. The first-order valence-corrected chi connectivity index (χ1v) is 8.77. The number of carbonyl (C=O) groups excluding carboxylic acids is 1. The van der Waals surface area contributed by atoms with Crippen LogP contribution in [0.2, 0.25) is 0 Å². The van der Waals surface area contributed by atoms with Crippen molar-refractivity contribution in [2.24, 2.45) is 0 Å². The van der Waals surface area contributed by atoms with Crippen molar-refractivity contribution in [2.45, 2.75) is 39.0 Å². The van der Waals surface area contributed by atoms with Gasteiger partial charge in [0.25, 0.3) is 5.91 Å². The zero-order chi connectivity index (χ0) is 16.9. The van der Waals surface area contributed by atoms with Gasteiger partial charge >= 0.3 is 0 Å². The standard InChI is InChI=1S/C20H25N3O/c1-15(2)16-9-4-5-11-18(16)22-20(24)17-10-8-12-21-19(17)23-13-6-3-7-14-23/h4-5,8-12,15H,3,6-7,13-14H2,1-2H3,(H,22,24). The van der Waals surface area contributed by atoms with E-state index in [0.29, 0.717) is 11.5 Å². The predicted molar refractivity (Wildman–Crippen MR) is 98.8 cm³/mol. The Bertz CT molecular complexity index is 706. The number of nitrogens with zero attached hydrogens (tertiary/aromatic N) is 2. The van der Waals surface area contributed by atoms with Gasteiger partial charge in [-0.25, -0.2) is 4.98 Å². The van der Waals surface area contributed by atoms with Gasteiger partial charge in [-0.05, 0) is 48.9 Å². The van der Waals surface area contributed by atoms with Crippen molar-refractivity contribution in [1.82, 2.24) is 4.98 Å². The molecule has 126 valence electrons. The Morgan fingerprint density at radius 3 is 2.58 bits per heavy atom. The number of aromatic nitrogens is 1. The van der Waals surface area contributed by atoms with Crippen molar-refractivity contribution in [3.63, 3.8) is 0 Å². The molecule has 3 rings (SSSR count). The summed E-state index contributed by atoms with van der Waals surface area (Å²) < 4.78 is 0. The molecule has 1 saturated heterocycles. The van der Waals surface area contributed by atoms with E-state index in [0.717, 1.165) is 43.0 Å². The van der Waals surface area contributed by atoms with E-state index in [4.69, 9.17) is 0 Å². The molecule has 0 bridgehead atoms. The van der Waals surface area contributed by atoms with Crippen LogP contribution in [0, 0.1) is 0 Å². The van der Waals surface area contributed by atoms with E-state index in [1.807, 2.05) is 30.3 Å². The molecule has 1 aliphatic heterocycles. The highest BCUT2D eigenvalue weighted by molar-refractivity contribution is 6.07. The molecule has 0 atom stereocenters. The summed E-state index contributed by atoms with van der Waals surface area (Å²) in [6.07, 6.45) is 5.34. The number of carbonyl (C=O) groups is 1.